The molecule has 0 saturated carbocycles. The molecule has 0 atom stereocenters. The van der Waals surface area contributed by atoms with Gasteiger partial charge in [0.25, 0.3) is 0 Å². The summed E-state index contributed by atoms with van der Waals surface area (Å²) in [6, 6.07) is 0. The number of carbonyl (C=O) groups is 1. The molecule has 1 aliphatic carbocycles. The van der Waals surface area contributed by atoms with Crippen LogP contribution in [-0.4, -0.2) is 16.7 Å². The maximum atomic E-state index is 10.8. The van der Waals surface area contributed by atoms with Crippen molar-refractivity contribution >= 4 is 11.7 Å². The number of aryl methyl sites for hydroxylation is 2. The van der Waals surface area contributed by atoms with Gasteiger partial charge in [0.1, 0.15) is 0 Å². The molecule has 1 N–H and O–H groups in total. The largest absolute Gasteiger partial charge is 0.362 e. The van der Waals surface area contributed by atoms with E-state index in [9.17, 15) is 4.79 Å². The molecule has 0 radical (unpaired) electrons. The van der Waals surface area contributed by atoms with Gasteiger partial charge in [0.05, 0.1) is 5.71 Å². The Labute approximate surface area is 101 Å². The minimum Gasteiger partial charge on any atom is -0.362 e. The highest BCUT2D eigenvalue weighted by molar-refractivity contribution is 6.04. The zero-order valence-corrected chi connectivity index (χ0v) is 10.6. The van der Waals surface area contributed by atoms with Crippen molar-refractivity contribution in [1.82, 2.24) is 4.98 Å². The van der Waals surface area contributed by atoms with Crippen molar-refractivity contribution in [3.05, 3.63) is 22.5 Å². The third kappa shape index (κ3) is 2.25. The monoisotopic (exact) mass is 234 g/mol. The molecule has 0 unspecified atom stereocenters. The van der Waals surface area contributed by atoms with Gasteiger partial charge in [0, 0.05) is 23.9 Å². The molecule has 92 valence electrons. The van der Waals surface area contributed by atoms with E-state index in [-0.39, 0.29) is 5.97 Å². The van der Waals surface area contributed by atoms with E-state index in [1.54, 1.807) is 0 Å². The highest BCUT2D eigenvalue weighted by Crippen LogP contribution is 2.27. The number of rotatable bonds is 2. The molecule has 4 heteroatoms. The molecule has 0 aliphatic heterocycles. The van der Waals surface area contributed by atoms with Gasteiger partial charge in [-0.15, -0.1) is 0 Å². The highest BCUT2D eigenvalue weighted by atomic mass is 16.7. The Morgan fingerprint density at radius 3 is 2.88 bits per heavy atom. The number of carbonyl (C=O) groups excluding carboxylic acids is 1. The molecule has 0 spiro atoms. The molecule has 0 bridgehead atoms. The number of oxime groups is 1. The zero-order valence-electron chi connectivity index (χ0n) is 10.6. The van der Waals surface area contributed by atoms with Crippen LogP contribution in [0.1, 0.15) is 49.2 Å². The maximum absolute atomic E-state index is 10.8. The average molecular weight is 234 g/mol. The van der Waals surface area contributed by atoms with Crippen LogP contribution < -0.4 is 0 Å². The van der Waals surface area contributed by atoms with Crippen LogP contribution in [0.5, 0.6) is 0 Å². The second-order valence-electron chi connectivity index (χ2n) is 4.41. The smallest absolute Gasteiger partial charge is 0.331 e. The molecule has 0 amide bonds. The maximum Gasteiger partial charge on any atom is 0.331 e. The number of nitrogens with one attached hydrogen (secondary N) is 1. The Morgan fingerprint density at radius 2 is 2.24 bits per heavy atom. The Morgan fingerprint density at radius 1 is 1.47 bits per heavy atom. The highest BCUT2D eigenvalue weighted by Gasteiger charge is 2.23. The Balaban J connectivity index is 2.42. The fourth-order valence-electron chi connectivity index (χ4n) is 2.48. The Kier molecular flexibility index (Phi) is 3.31. The molecule has 0 saturated heterocycles. The molecule has 4 nitrogen and oxygen atoms in total. The first kappa shape index (κ1) is 11.9. The number of fused-ring (bicyclic) bond motifs is 1. The quantitative estimate of drug-likeness (QED) is 0.631. The van der Waals surface area contributed by atoms with Crippen molar-refractivity contribution in [2.45, 2.75) is 46.5 Å². The summed E-state index contributed by atoms with van der Waals surface area (Å²) in [4.78, 5) is 19.0. The summed E-state index contributed by atoms with van der Waals surface area (Å²) in [5.41, 5.74) is 5.82. The summed E-state index contributed by atoms with van der Waals surface area (Å²) in [7, 11) is 0. The van der Waals surface area contributed by atoms with Gasteiger partial charge in [0.15, 0.2) is 0 Å². The molecule has 1 aromatic rings. The fraction of sp³-hybridized carbons (Fsp3) is 0.538. The number of nitrogens with zero attached hydrogens (tertiary/aromatic N) is 1. The summed E-state index contributed by atoms with van der Waals surface area (Å²) in [6.45, 7) is 5.59. The average Bonchev–Trinajstić information content (AvgIpc) is 2.62. The van der Waals surface area contributed by atoms with Gasteiger partial charge in [-0.2, -0.15) is 0 Å². The first-order chi connectivity index (χ1) is 8.13. The van der Waals surface area contributed by atoms with Gasteiger partial charge in [-0.1, -0.05) is 12.1 Å². The van der Waals surface area contributed by atoms with Gasteiger partial charge in [0.2, 0.25) is 0 Å². The number of hydrogen-bond acceptors (Lipinski definition) is 3. The molecular weight excluding hydrogens is 216 g/mol. The van der Waals surface area contributed by atoms with Crippen molar-refractivity contribution < 1.29 is 9.63 Å². The number of aromatic amines is 1. The van der Waals surface area contributed by atoms with Crippen molar-refractivity contribution in [2.75, 3.05) is 0 Å². The van der Waals surface area contributed by atoms with Gasteiger partial charge in [-0.3, -0.25) is 0 Å². The van der Waals surface area contributed by atoms with E-state index in [0.29, 0.717) is 0 Å². The predicted molar refractivity (Wildman–Crippen MR) is 66.1 cm³/mol. The molecule has 1 heterocycles. The van der Waals surface area contributed by atoms with Crippen molar-refractivity contribution in [1.29, 1.82) is 0 Å². The van der Waals surface area contributed by atoms with E-state index >= 15 is 0 Å². The number of aromatic nitrogens is 1. The summed E-state index contributed by atoms with van der Waals surface area (Å²) >= 11 is 0. The standard InChI is InChI=1S/C13H18N2O2/c1-4-10-8(2)14-11-6-5-7-12(13(10)11)15-17-9(3)16/h14H,4-7H2,1-3H3/b15-12+. The lowest BCUT2D eigenvalue weighted by molar-refractivity contribution is -0.140. The van der Waals surface area contributed by atoms with E-state index in [2.05, 4.69) is 24.0 Å². The first-order valence-corrected chi connectivity index (χ1v) is 6.08. The minimum absolute atomic E-state index is 0.366. The van der Waals surface area contributed by atoms with Crippen LogP contribution in [-0.2, 0) is 22.5 Å². The number of hydrogen-bond donors (Lipinski definition) is 1. The second-order valence-corrected chi connectivity index (χ2v) is 4.41. The molecule has 1 aliphatic rings. The molecule has 0 fully saturated rings. The van der Waals surface area contributed by atoms with E-state index < -0.39 is 0 Å². The predicted octanol–water partition coefficient (Wildman–Crippen LogP) is 2.49. The van der Waals surface area contributed by atoms with Crippen molar-refractivity contribution in [3.8, 4) is 0 Å². The number of H-pyrrole nitrogens is 1. The van der Waals surface area contributed by atoms with Crippen LogP contribution in [0, 0.1) is 6.92 Å². The second kappa shape index (κ2) is 4.73. The minimum atomic E-state index is -0.366. The lowest BCUT2D eigenvalue weighted by Crippen LogP contribution is -2.13. The zero-order chi connectivity index (χ0) is 12.4. The third-order valence-electron chi connectivity index (χ3n) is 3.16. The van der Waals surface area contributed by atoms with Crippen LogP contribution in [0.15, 0.2) is 5.16 Å². The molecular formula is C13H18N2O2. The fourth-order valence-corrected chi connectivity index (χ4v) is 2.48. The Hall–Kier alpha value is -1.58. The van der Waals surface area contributed by atoms with Crippen LogP contribution in [0.2, 0.25) is 0 Å². The molecule has 17 heavy (non-hydrogen) atoms. The molecule has 0 aromatic carbocycles. The summed E-state index contributed by atoms with van der Waals surface area (Å²) < 4.78 is 0. The first-order valence-electron chi connectivity index (χ1n) is 6.08. The van der Waals surface area contributed by atoms with Gasteiger partial charge < -0.3 is 9.82 Å². The van der Waals surface area contributed by atoms with Gasteiger partial charge in [-0.05, 0) is 38.2 Å². The lowest BCUT2D eigenvalue weighted by Gasteiger charge is -2.14. The summed E-state index contributed by atoms with van der Waals surface area (Å²) in [5, 5.41) is 3.99. The normalized spacial score (nSPS) is 17.0. The molecule has 2 rings (SSSR count). The van der Waals surface area contributed by atoms with E-state index in [1.807, 2.05) is 0 Å². The molecule has 1 aromatic heterocycles. The van der Waals surface area contributed by atoms with E-state index in [1.165, 1.54) is 29.4 Å². The SMILES string of the molecule is CCc1c(C)[nH]c2c1/C(=N/OC(C)=O)CCC2. The summed E-state index contributed by atoms with van der Waals surface area (Å²) in [5.74, 6) is -0.366. The Bertz CT molecular complexity index is 472. The van der Waals surface area contributed by atoms with Crippen LogP contribution >= 0.6 is 0 Å². The van der Waals surface area contributed by atoms with E-state index in [0.717, 1.165) is 31.4 Å². The summed E-state index contributed by atoms with van der Waals surface area (Å²) in [6.07, 6.45) is 3.95. The van der Waals surface area contributed by atoms with Crippen LogP contribution in [0.3, 0.4) is 0 Å². The van der Waals surface area contributed by atoms with E-state index in [4.69, 9.17) is 4.84 Å². The third-order valence-corrected chi connectivity index (χ3v) is 3.16. The van der Waals surface area contributed by atoms with Crippen molar-refractivity contribution in [3.63, 3.8) is 0 Å². The topological polar surface area (TPSA) is 54.4 Å². The lowest BCUT2D eigenvalue weighted by atomic mass is 9.92. The van der Waals surface area contributed by atoms with Crippen LogP contribution in [0.25, 0.3) is 0 Å². The van der Waals surface area contributed by atoms with Crippen molar-refractivity contribution in [2.24, 2.45) is 5.16 Å². The van der Waals surface area contributed by atoms with Crippen LogP contribution in [0.4, 0.5) is 0 Å². The van der Waals surface area contributed by atoms with Gasteiger partial charge in [-0.25, -0.2) is 4.79 Å². The van der Waals surface area contributed by atoms with Gasteiger partial charge >= 0.3 is 5.97 Å².